The van der Waals surface area contributed by atoms with Crippen LogP contribution in [0.4, 0.5) is 0 Å². The van der Waals surface area contributed by atoms with Gasteiger partial charge in [-0.15, -0.1) is 0 Å². The highest BCUT2D eigenvalue weighted by Gasteiger charge is 2.20. The maximum atomic E-state index is 11.7. The molecule has 0 aliphatic heterocycles. The summed E-state index contributed by atoms with van der Waals surface area (Å²) in [7, 11) is 4.00. The molecule has 3 N–H and O–H groups in total. The van der Waals surface area contributed by atoms with Crippen molar-refractivity contribution in [2.75, 3.05) is 27.2 Å². The molecule has 0 aromatic carbocycles. The van der Waals surface area contributed by atoms with E-state index in [0.717, 1.165) is 0 Å². The van der Waals surface area contributed by atoms with Gasteiger partial charge >= 0.3 is 0 Å². The molecular weight excluding hydrogens is 190 g/mol. The highest BCUT2D eigenvalue weighted by atomic mass is 16.1. The predicted molar refractivity (Wildman–Crippen MR) is 63.5 cm³/mol. The number of carbonyl (C=O) groups is 1. The van der Waals surface area contributed by atoms with Crippen molar-refractivity contribution < 1.29 is 4.79 Å². The minimum atomic E-state index is -0.0700. The average molecular weight is 215 g/mol. The summed E-state index contributed by atoms with van der Waals surface area (Å²) in [5, 5.41) is 2.94. The first-order chi connectivity index (χ1) is 6.90. The molecule has 0 aromatic heterocycles. The van der Waals surface area contributed by atoms with Crippen LogP contribution in [0.1, 0.15) is 20.8 Å². The Bertz CT molecular complexity index is 192. The predicted octanol–water partition coefficient (Wildman–Crippen LogP) is 0.284. The van der Waals surface area contributed by atoms with E-state index in [1.165, 1.54) is 0 Å². The molecule has 2 unspecified atom stereocenters. The Balaban J connectivity index is 4.02. The molecule has 0 aliphatic carbocycles. The van der Waals surface area contributed by atoms with Crippen LogP contribution in [-0.4, -0.2) is 44.0 Å². The SMILES string of the molecule is CC(C)C(CN)C(=O)NCC(C)N(C)C. The normalized spacial score (nSPS) is 15.5. The summed E-state index contributed by atoms with van der Waals surface area (Å²) in [5.41, 5.74) is 5.57. The number of carbonyl (C=O) groups excluding carboxylic acids is 1. The fourth-order valence-corrected chi connectivity index (χ4v) is 1.24. The third kappa shape index (κ3) is 5.14. The Morgan fingerprint density at radius 3 is 2.20 bits per heavy atom. The highest BCUT2D eigenvalue weighted by Crippen LogP contribution is 2.08. The van der Waals surface area contributed by atoms with Gasteiger partial charge in [-0.25, -0.2) is 0 Å². The number of hydrogen-bond donors (Lipinski definition) is 2. The lowest BCUT2D eigenvalue weighted by atomic mass is 9.95. The molecule has 0 aliphatic rings. The van der Waals surface area contributed by atoms with Crippen molar-refractivity contribution >= 4 is 5.91 Å². The van der Waals surface area contributed by atoms with Crippen LogP contribution in [0.3, 0.4) is 0 Å². The average Bonchev–Trinajstić information content (AvgIpc) is 2.14. The number of rotatable bonds is 6. The molecule has 15 heavy (non-hydrogen) atoms. The van der Waals surface area contributed by atoms with Crippen LogP contribution >= 0.6 is 0 Å². The Kier molecular flexibility index (Phi) is 6.52. The molecule has 0 aromatic rings. The van der Waals surface area contributed by atoms with Crippen LogP contribution < -0.4 is 11.1 Å². The van der Waals surface area contributed by atoms with Crippen molar-refractivity contribution in [3.8, 4) is 0 Å². The second-order valence-electron chi connectivity index (χ2n) is 4.64. The largest absolute Gasteiger partial charge is 0.354 e. The molecule has 0 bridgehead atoms. The molecule has 4 nitrogen and oxygen atoms in total. The van der Waals surface area contributed by atoms with E-state index in [2.05, 4.69) is 17.1 Å². The van der Waals surface area contributed by atoms with Crippen LogP contribution in [0.2, 0.25) is 0 Å². The first kappa shape index (κ1) is 14.4. The Morgan fingerprint density at radius 1 is 1.33 bits per heavy atom. The number of nitrogens with one attached hydrogen (secondary N) is 1. The van der Waals surface area contributed by atoms with Crippen molar-refractivity contribution in [2.45, 2.75) is 26.8 Å². The zero-order valence-corrected chi connectivity index (χ0v) is 10.6. The summed E-state index contributed by atoms with van der Waals surface area (Å²) in [6.07, 6.45) is 0. The molecule has 0 rings (SSSR count). The van der Waals surface area contributed by atoms with Crippen LogP contribution in [0, 0.1) is 11.8 Å². The number of nitrogens with zero attached hydrogens (tertiary/aromatic N) is 1. The zero-order valence-electron chi connectivity index (χ0n) is 10.6. The van der Waals surface area contributed by atoms with E-state index >= 15 is 0 Å². The van der Waals surface area contributed by atoms with Gasteiger partial charge in [-0.05, 0) is 26.9 Å². The number of amides is 1. The van der Waals surface area contributed by atoms with Crippen LogP contribution in [0.5, 0.6) is 0 Å². The van der Waals surface area contributed by atoms with Gasteiger partial charge in [0, 0.05) is 19.1 Å². The van der Waals surface area contributed by atoms with E-state index in [0.29, 0.717) is 25.0 Å². The van der Waals surface area contributed by atoms with Gasteiger partial charge in [0.1, 0.15) is 0 Å². The van der Waals surface area contributed by atoms with Crippen molar-refractivity contribution in [3.05, 3.63) is 0 Å². The Morgan fingerprint density at radius 2 is 1.87 bits per heavy atom. The topological polar surface area (TPSA) is 58.4 Å². The van der Waals surface area contributed by atoms with Gasteiger partial charge in [0.2, 0.25) is 5.91 Å². The molecule has 2 atom stereocenters. The summed E-state index contributed by atoms with van der Waals surface area (Å²) < 4.78 is 0. The van der Waals surface area contributed by atoms with E-state index in [-0.39, 0.29) is 11.8 Å². The molecule has 0 saturated carbocycles. The molecular formula is C11H25N3O. The molecule has 0 fully saturated rings. The molecule has 0 radical (unpaired) electrons. The lowest BCUT2D eigenvalue weighted by molar-refractivity contribution is -0.126. The van der Waals surface area contributed by atoms with Crippen LogP contribution in [-0.2, 0) is 4.79 Å². The monoisotopic (exact) mass is 215 g/mol. The minimum absolute atomic E-state index is 0.0700. The summed E-state index contributed by atoms with van der Waals surface area (Å²) in [6, 6.07) is 0.347. The number of hydrogen-bond acceptors (Lipinski definition) is 3. The van der Waals surface area contributed by atoms with E-state index in [4.69, 9.17) is 5.73 Å². The smallest absolute Gasteiger partial charge is 0.224 e. The lowest BCUT2D eigenvalue weighted by Gasteiger charge is -2.23. The molecule has 1 amide bonds. The molecule has 0 saturated heterocycles. The van der Waals surface area contributed by atoms with Gasteiger partial charge in [0.25, 0.3) is 0 Å². The van der Waals surface area contributed by atoms with Crippen molar-refractivity contribution in [1.82, 2.24) is 10.2 Å². The zero-order chi connectivity index (χ0) is 12.0. The maximum Gasteiger partial charge on any atom is 0.224 e. The summed E-state index contributed by atoms with van der Waals surface area (Å²) in [4.78, 5) is 13.8. The molecule has 4 heteroatoms. The van der Waals surface area contributed by atoms with Gasteiger partial charge in [-0.3, -0.25) is 4.79 Å². The Hall–Kier alpha value is -0.610. The third-order valence-electron chi connectivity index (χ3n) is 2.85. The maximum absolute atomic E-state index is 11.7. The summed E-state index contributed by atoms with van der Waals surface area (Å²) >= 11 is 0. The Labute approximate surface area is 93.2 Å². The van der Waals surface area contributed by atoms with Crippen LogP contribution in [0.25, 0.3) is 0 Å². The first-order valence-electron chi connectivity index (χ1n) is 5.54. The van der Waals surface area contributed by atoms with Crippen molar-refractivity contribution in [1.29, 1.82) is 0 Å². The van der Waals surface area contributed by atoms with Gasteiger partial charge in [0.15, 0.2) is 0 Å². The standard InChI is InChI=1S/C11H25N3O/c1-8(2)10(6-12)11(15)13-7-9(3)14(4)5/h8-10H,6-7,12H2,1-5H3,(H,13,15). The van der Waals surface area contributed by atoms with Gasteiger partial charge in [-0.2, -0.15) is 0 Å². The van der Waals surface area contributed by atoms with Gasteiger partial charge < -0.3 is 16.0 Å². The minimum Gasteiger partial charge on any atom is -0.354 e. The van der Waals surface area contributed by atoms with E-state index in [1.807, 2.05) is 27.9 Å². The van der Waals surface area contributed by atoms with Crippen molar-refractivity contribution in [3.63, 3.8) is 0 Å². The third-order valence-corrected chi connectivity index (χ3v) is 2.85. The molecule has 0 heterocycles. The van der Waals surface area contributed by atoms with E-state index < -0.39 is 0 Å². The fourth-order valence-electron chi connectivity index (χ4n) is 1.24. The molecule has 0 spiro atoms. The van der Waals surface area contributed by atoms with Crippen LogP contribution in [0.15, 0.2) is 0 Å². The second kappa shape index (κ2) is 6.80. The molecule has 90 valence electrons. The number of nitrogens with two attached hydrogens (primary N) is 1. The fraction of sp³-hybridized carbons (Fsp3) is 0.909. The summed E-state index contributed by atoms with van der Waals surface area (Å²) in [6.45, 7) is 7.21. The quantitative estimate of drug-likeness (QED) is 0.669. The lowest BCUT2D eigenvalue weighted by Crippen LogP contribution is -2.43. The van der Waals surface area contributed by atoms with Gasteiger partial charge in [-0.1, -0.05) is 13.8 Å². The second-order valence-corrected chi connectivity index (χ2v) is 4.64. The van der Waals surface area contributed by atoms with Gasteiger partial charge in [0.05, 0.1) is 5.92 Å². The summed E-state index contributed by atoms with van der Waals surface area (Å²) in [5.74, 6) is 0.297. The van der Waals surface area contributed by atoms with Crippen molar-refractivity contribution in [2.24, 2.45) is 17.6 Å². The first-order valence-corrected chi connectivity index (χ1v) is 5.54. The van der Waals surface area contributed by atoms with E-state index in [1.54, 1.807) is 0 Å². The highest BCUT2D eigenvalue weighted by molar-refractivity contribution is 5.79. The van der Waals surface area contributed by atoms with E-state index in [9.17, 15) is 4.79 Å². The number of likely N-dealkylation sites (N-methyl/N-ethyl adjacent to an activating group) is 1.